The Morgan fingerprint density at radius 1 is 1.23 bits per heavy atom. The van der Waals surface area contributed by atoms with Crippen LogP contribution in [0.5, 0.6) is 0 Å². The van der Waals surface area contributed by atoms with Gasteiger partial charge in [0.2, 0.25) is 0 Å². The highest BCUT2D eigenvalue weighted by Gasteiger charge is 1.95. The second kappa shape index (κ2) is 9.30. The minimum absolute atomic E-state index is 0.130. The third kappa shape index (κ3) is 9.12. The highest BCUT2D eigenvalue weighted by molar-refractivity contribution is 5.71. The second-order valence-electron chi connectivity index (χ2n) is 2.98. The molecule has 0 aromatic heterocycles. The Morgan fingerprint density at radius 2 is 2.00 bits per heavy atom. The molecule has 0 aliphatic carbocycles. The van der Waals surface area contributed by atoms with Crippen LogP contribution in [0.4, 0.5) is 0 Å². The van der Waals surface area contributed by atoms with Crippen LogP contribution < -0.4 is 0 Å². The molecule has 0 saturated heterocycles. The Labute approximate surface area is 81.0 Å². The number of carbonyl (C=O) groups is 1. The smallest absolute Gasteiger partial charge is 0.309 e. The molecule has 0 radical (unpaired) electrons. The van der Waals surface area contributed by atoms with Gasteiger partial charge in [-0.15, -0.1) is 0 Å². The van der Waals surface area contributed by atoms with Gasteiger partial charge in [0, 0.05) is 0 Å². The van der Waals surface area contributed by atoms with Gasteiger partial charge in [0.15, 0.2) is 0 Å². The van der Waals surface area contributed by atoms with E-state index in [0.717, 1.165) is 6.42 Å². The fourth-order valence-electron chi connectivity index (χ4n) is 1.03. The molecule has 2 heteroatoms. The first kappa shape index (κ1) is 12.2. The Kier molecular flexibility index (Phi) is 8.73. The average Bonchev–Trinajstić information content (AvgIpc) is 2.11. The fraction of sp³-hybridized carbons (Fsp3) is 0.727. The van der Waals surface area contributed by atoms with Gasteiger partial charge in [-0.3, -0.25) is 4.79 Å². The van der Waals surface area contributed by atoms with Crippen molar-refractivity contribution in [2.45, 2.75) is 46.0 Å². The highest BCUT2D eigenvalue weighted by atomic mass is 16.5. The number of rotatable bonds is 7. The van der Waals surface area contributed by atoms with E-state index in [1.807, 2.05) is 13.0 Å². The number of carbonyl (C=O) groups excluding carboxylic acids is 1. The number of hydrogen-bond donors (Lipinski definition) is 0. The molecule has 0 aromatic carbocycles. The van der Waals surface area contributed by atoms with Gasteiger partial charge >= 0.3 is 5.97 Å². The molecule has 0 saturated carbocycles. The predicted octanol–water partition coefficient (Wildman–Crippen LogP) is 3.08. The summed E-state index contributed by atoms with van der Waals surface area (Å²) in [6.45, 7) is 4.48. The molecular weight excluding hydrogens is 164 g/mol. The van der Waals surface area contributed by atoms with E-state index in [0.29, 0.717) is 13.0 Å². The van der Waals surface area contributed by atoms with Crippen molar-refractivity contribution in [2.75, 3.05) is 6.61 Å². The first-order valence-electron chi connectivity index (χ1n) is 5.11. The Hall–Kier alpha value is -0.790. The lowest BCUT2D eigenvalue weighted by Crippen LogP contribution is -2.01. The van der Waals surface area contributed by atoms with E-state index in [1.165, 1.54) is 19.3 Å². The molecular formula is C11H20O2. The molecule has 0 amide bonds. The van der Waals surface area contributed by atoms with Gasteiger partial charge in [0.25, 0.3) is 0 Å². The number of esters is 1. The molecule has 13 heavy (non-hydrogen) atoms. The summed E-state index contributed by atoms with van der Waals surface area (Å²) in [7, 11) is 0. The van der Waals surface area contributed by atoms with Crippen molar-refractivity contribution >= 4 is 5.97 Å². The Bertz CT molecular complexity index is 150. The van der Waals surface area contributed by atoms with Crippen LogP contribution in [-0.2, 0) is 9.53 Å². The summed E-state index contributed by atoms with van der Waals surface area (Å²) in [5.74, 6) is -0.130. The summed E-state index contributed by atoms with van der Waals surface area (Å²) in [6.07, 6.45) is 9.18. The number of hydrogen-bond acceptors (Lipinski definition) is 2. The molecule has 0 aliphatic rings. The molecule has 76 valence electrons. The van der Waals surface area contributed by atoms with Gasteiger partial charge in [-0.1, -0.05) is 31.9 Å². The maximum absolute atomic E-state index is 10.9. The molecule has 0 atom stereocenters. The van der Waals surface area contributed by atoms with Gasteiger partial charge in [-0.05, 0) is 19.8 Å². The predicted molar refractivity (Wildman–Crippen MR) is 54.5 cm³/mol. The van der Waals surface area contributed by atoms with Crippen LogP contribution in [0, 0.1) is 0 Å². The van der Waals surface area contributed by atoms with Crippen LogP contribution in [0.25, 0.3) is 0 Å². The van der Waals surface area contributed by atoms with Crippen molar-refractivity contribution in [3.8, 4) is 0 Å². The lowest BCUT2D eigenvalue weighted by molar-refractivity contribution is -0.142. The van der Waals surface area contributed by atoms with Crippen LogP contribution in [0.2, 0.25) is 0 Å². The monoisotopic (exact) mass is 184 g/mol. The van der Waals surface area contributed by atoms with Crippen LogP contribution >= 0.6 is 0 Å². The summed E-state index contributed by atoms with van der Waals surface area (Å²) >= 11 is 0. The second-order valence-corrected chi connectivity index (χ2v) is 2.98. The Morgan fingerprint density at radius 3 is 2.62 bits per heavy atom. The molecule has 0 rings (SSSR count). The summed E-state index contributed by atoms with van der Waals surface area (Å²) < 4.78 is 4.78. The third-order valence-electron chi connectivity index (χ3n) is 1.73. The van der Waals surface area contributed by atoms with Crippen LogP contribution in [0.15, 0.2) is 12.2 Å². The van der Waals surface area contributed by atoms with E-state index in [9.17, 15) is 4.79 Å². The maximum Gasteiger partial charge on any atom is 0.309 e. The molecule has 0 spiro atoms. The average molecular weight is 184 g/mol. The van der Waals surface area contributed by atoms with Crippen LogP contribution in [0.3, 0.4) is 0 Å². The van der Waals surface area contributed by atoms with Crippen molar-refractivity contribution < 1.29 is 9.53 Å². The van der Waals surface area contributed by atoms with E-state index < -0.39 is 0 Å². The standard InChI is InChI=1S/C11H20O2/c1-3-5-6-7-8-9-10-11(12)13-4-2/h8-9H,3-7,10H2,1-2H3. The van der Waals surface area contributed by atoms with Crippen molar-refractivity contribution in [2.24, 2.45) is 0 Å². The summed E-state index contributed by atoms with van der Waals surface area (Å²) in [5.41, 5.74) is 0. The van der Waals surface area contributed by atoms with E-state index >= 15 is 0 Å². The lowest BCUT2D eigenvalue weighted by Gasteiger charge is -1.96. The summed E-state index contributed by atoms with van der Waals surface area (Å²) in [4.78, 5) is 10.9. The third-order valence-corrected chi connectivity index (χ3v) is 1.73. The topological polar surface area (TPSA) is 26.3 Å². The van der Waals surface area contributed by atoms with Crippen molar-refractivity contribution in [3.63, 3.8) is 0 Å². The molecule has 0 bridgehead atoms. The van der Waals surface area contributed by atoms with Gasteiger partial charge in [-0.25, -0.2) is 0 Å². The van der Waals surface area contributed by atoms with Crippen LogP contribution in [-0.4, -0.2) is 12.6 Å². The Balaban J connectivity index is 3.25. The molecule has 0 unspecified atom stereocenters. The summed E-state index contributed by atoms with van der Waals surface area (Å²) in [6, 6.07) is 0. The van der Waals surface area contributed by atoms with E-state index in [-0.39, 0.29) is 5.97 Å². The SMILES string of the molecule is CCCCCC=CCC(=O)OCC. The molecule has 0 fully saturated rings. The maximum atomic E-state index is 10.9. The van der Waals surface area contributed by atoms with E-state index in [4.69, 9.17) is 4.74 Å². The van der Waals surface area contributed by atoms with Gasteiger partial charge < -0.3 is 4.74 Å². The first-order chi connectivity index (χ1) is 6.31. The first-order valence-corrected chi connectivity index (χ1v) is 5.11. The van der Waals surface area contributed by atoms with Gasteiger partial charge in [0.05, 0.1) is 13.0 Å². The largest absolute Gasteiger partial charge is 0.466 e. The van der Waals surface area contributed by atoms with E-state index in [1.54, 1.807) is 0 Å². The molecule has 0 heterocycles. The molecule has 0 N–H and O–H groups in total. The zero-order valence-corrected chi connectivity index (χ0v) is 8.71. The molecule has 0 aliphatic heterocycles. The molecule has 2 nitrogen and oxygen atoms in total. The zero-order chi connectivity index (χ0) is 9.94. The van der Waals surface area contributed by atoms with E-state index in [2.05, 4.69) is 13.0 Å². The van der Waals surface area contributed by atoms with Gasteiger partial charge in [0.1, 0.15) is 0 Å². The molecule has 0 aromatic rings. The minimum atomic E-state index is -0.130. The zero-order valence-electron chi connectivity index (χ0n) is 8.71. The number of ether oxygens (including phenoxy) is 1. The highest BCUT2D eigenvalue weighted by Crippen LogP contribution is 2.00. The number of unbranched alkanes of at least 4 members (excludes halogenated alkanes) is 3. The fourth-order valence-corrected chi connectivity index (χ4v) is 1.03. The quantitative estimate of drug-likeness (QED) is 0.345. The van der Waals surface area contributed by atoms with Gasteiger partial charge in [-0.2, -0.15) is 0 Å². The van der Waals surface area contributed by atoms with Crippen LogP contribution in [0.1, 0.15) is 46.0 Å². The van der Waals surface area contributed by atoms with Crippen molar-refractivity contribution in [3.05, 3.63) is 12.2 Å². The van der Waals surface area contributed by atoms with Crippen molar-refractivity contribution in [1.82, 2.24) is 0 Å². The van der Waals surface area contributed by atoms with Crippen molar-refractivity contribution in [1.29, 1.82) is 0 Å². The summed E-state index contributed by atoms with van der Waals surface area (Å²) in [5, 5.41) is 0. The lowest BCUT2D eigenvalue weighted by atomic mass is 10.2. The minimum Gasteiger partial charge on any atom is -0.466 e. The normalized spacial score (nSPS) is 10.6. The number of allylic oxidation sites excluding steroid dienone is 1.